The molecule has 0 aromatic heterocycles. The summed E-state index contributed by atoms with van der Waals surface area (Å²) < 4.78 is 0. The molecule has 2 heterocycles. The molecule has 0 spiro atoms. The summed E-state index contributed by atoms with van der Waals surface area (Å²) in [6, 6.07) is 8.07. The molecule has 2 saturated heterocycles. The van der Waals surface area contributed by atoms with Crippen molar-refractivity contribution in [2.24, 2.45) is 0 Å². The molecule has 3 rings (SSSR count). The Morgan fingerprint density at radius 1 is 1.23 bits per heavy atom. The number of nitrogens with zero attached hydrogens (tertiary/aromatic N) is 2. The van der Waals surface area contributed by atoms with E-state index >= 15 is 0 Å². The van der Waals surface area contributed by atoms with Gasteiger partial charge in [-0.3, -0.25) is 14.6 Å². The van der Waals surface area contributed by atoms with Gasteiger partial charge in [0.05, 0.1) is 10.7 Å². The van der Waals surface area contributed by atoms with E-state index in [4.69, 9.17) is 11.6 Å². The van der Waals surface area contributed by atoms with E-state index in [9.17, 15) is 4.79 Å². The lowest BCUT2D eigenvalue weighted by Crippen LogP contribution is -2.55. The summed E-state index contributed by atoms with van der Waals surface area (Å²) in [5.41, 5.74) is 0.700. The van der Waals surface area contributed by atoms with Crippen LogP contribution in [0.3, 0.4) is 0 Å². The lowest BCUT2D eigenvalue weighted by molar-refractivity contribution is -0.116. The maximum absolute atomic E-state index is 12.1. The minimum atomic E-state index is 0.0409. The number of benzene rings is 1. The van der Waals surface area contributed by atoms with Crippen LogP contribution in [0, 0.1) is 0 Å². The van der Waals surface area contributed by atoms with Gasteiger partial charge in [0.2, 0.25) is 5.91 Å². The maximum atomic E-state index is 12.1. The van der Waals surface area contributed by atoms with E-state index in [1.54, 1.807) is 6.07 Å². The van der Waals surface area contributed by atoms with Crippen LogP contribution in [-0.4, -0.2) is 54.5 Å². The van der Waals surface area contributed by atoms with Crippen molar-refractivity contribution < 1.29 is 4.79 Å². The van der Waals surface area contributed by atoms with Gasteiger partial charge in [-0.05, 0) is 31.5 Å². The molecule has 1 aromatic rings. The van der Waals surface area contributed by atoms with Gasteiger partial charge in [-0.2, -0.15) is 0 Å². The highest BCUT2D eigenvalue weighted by Crippen LogP contribution is 2.22. The first kappa shape index (κ1) is 15.8. The van der Waals surface area contributed by atoms with E-state index < -0.39 is 0 Å². The predicted molar refractivity (Wildman–Crippen MR) is 90.4 cm³/mol. The lowest BCUT2D eigenvalue weighted by atomic mass is 9.99. The van der Waals surface area contributed by atoms with Crippen molar-refractivity contribution in [3.8, 4) is 0 Å². The fourth-order valence-corrected chi connectivity index (χ4v) is 3.64. The second kappa shape index (κ2) is 7.44. The summed E-state index contributed by atoms with van der Waals surface area (Å²) in [5, 5.41) is 3.49. The number of nitrogens with one attached hydrogen (secondary N) is 1. The molecule has 120 valence electrons. The Labute approximate surface area is 137 Å². The maximum Gasteiger partial charge on any atom is 0.225 e. The van der Waals surface area contributed by atoms with E-state index in [0.717, 1.165) is 26.2 Å². The Morgan fingerprint density at radius 3 is 2.95 bits per heavy atom. The zero-order valence-electron chi connectivity index (χ0n) is 12.9. The summed E-state index contributed by atoms with van der Waals surface area (Å²) in [6.07, 6.45) is 4.53. The number of halogens is 1. The van der Waals surface area contributed by atoms with Crippen molar-refractivity contribution in [2.75, 3.05) is 38.0 Å². The number of fused-ring (bicyclic) bond motifs is 1. The highest BCUT2D eigenvalue weighted by atomic mass is 35.5. The van der Waals surface area contributed by atoms with Crippen LogP contribution in [0.2, 0.25) is 5.02 Å². The molecule has 1 N–H and O–H groups in total. The molecule has 0 aliphatic carbocycles. The zero-order chi connectivity index (χ0) is 15.4. The van der Waals surface area contributed by atoms with Crippen LogP contribution < -0.4 is 5.32 Å². The van der Waals surface area contributed by atoms with Crippen LogP contribution in [0.5, 0.6) is 0 Å². The highest BCUT2D eigenvalue weighted by Gasteiger charge is 2.28. The highest BCUT2D eigenvalue weighted by molar-refractivity contribution is 6.33. The summed E-state index contributed by atoms with van der Waals surface area (Å²) >= 11 is 6.06. The number of para-hydroxylation sites is 1. The first-order valence-corrected chi connectivity index (χ1v) is 8.61. The van der Waals surface area contributed by atoms with Gasteiger partial charge in [-0.1, -0.05) is 30.2 Å². The fourth-order valence-electron chi connectivity index (χ4n) is 3.46. The van der Waals surface area contributed by atoms with Crippen LogP contribution in [0.15, 0.2) is 24.3 Å². The lowest BCUT2D eigenvalue weighted by Gasteiger charge is -2.44. The molecule has 1 atom stereocenters. The minimum Gasteiger partial charge on any atom is -0.325 e. The summed E-state index contributed by atoms with van der Waals surface area (Å²) in [7, 11) is 0. The van der Waals surface area contributed by atoms with Crippen LogP contribution in [0.1, 0.15) is 25.7 Å². The largest absolute Gasteiger partial charge is 0.325 e. The Kier molecular flexibility index (Phi) is 5.34. The molecular weight excluding hydrogens is 298 g/mol. The topological polar surface area (TPSA) is 35.6 Å². The average molecular weight is 322 g/mol. The average Bonchev–Trinajstić information content (AvgIpc) is 2.55. The molecule has 0 unspecified atom stereocenters. The molecule has 2 aliphatic rings. The Hall–Kier alpha value is -1.10. The van der Waals surface area contributed by atoms with E-state index in [0.29, 0.717) is 23.2 Å². The second-order valence-electron chi connectivity index (χ2n) is 6.26. The zero-order valence-corrected chi connectivity index (χ0v) is 13.7. The smallest absolute Gasteiger partial charge is 0.225 e. The van der Waals surface area contributed by atoms with Gasteiger partial charge in [0.25, 0.3) is 0 Å². The van der Waals surface area contributed by atoms with Gasteiger partial charge in [-0.25, -0.2) is 0 Å². The van der Waals surface area contributed by atoms with Crippen molar-refractivity contribution in [3.05, 3.63) is 29.3 Å². The number of carbonyl (C=O) groups is 1. The number of piperazine rings is 1. The van der Waals surface area contributed by atoms with Crippen molar-refractivity contribution in [3.63, 3.8) is 0 Å². The predicted octanol–water partition coefficient (Wildman–Crippen LogP) is 2.84. The first-order chi connectivity index (χ1) is 10.7. The summed E-state index contributed by atoms with van der Waals surface area (Å²) in [4.78, 5) is 17.1. The van der Waals surface area contributed by atoms with Gasteiger partial charge in [-0.15, -0.1) is 0 Å². The molecule has 1 amide bonds. The molecule has 2 aliphatic heterocycles. The van der Waals surface area contributed by atoms with Gasteiger partial charge >= 0.3 is 0 Å². The third-order valence-corrected chi connectivity index (χ3v) is 5.05. The Bertz CT molecular complexity index is 522. The van der Waals surface area contributed by atoms with E-state index in [1.807, 2.05) is 18.2 Å². The van der Waals surface area contributed by atoms with E-state index in [-0.39, 0.29) is 5.91 Å². The van der Waals surface area contributed by atoms with E-state index in [2.05, 4.69) is 15.1 Å². The number of rotatable bonds is 4. The number of anilines is 1. The number of hydrogen-bond donors (Lipinski definition) is 1. The molecule has 2 fully saturated rings. The molecular formula is C17H24ClN3O. The fraction of sp³-hybridized carbons (Fsp3) is 0.588. The number of hydrogen-bond acceptors (Lipinski definition) is 3. The number of amides is 1. The van der Waals surface area contributed by atoms with Crippen LogP contribution in [-0.2, 0) is 4.79 Å². The minimum absolute atomic E-state index is 0.0409. The van der Waals surface area contributed by atoms with Crippen LogP contribution >= 0.6 is 11.6 Å². The normalized spacial score (nSPS) is 23.0. The monoisotopic (exact) mass is 321 g/mol. The molecule has 0 bridgehead atoms. The summed E-state index contributed by atoms with van der Waals surface area (Å²) in [6.45, 7) is 5.43. The summed E-state index contributed by atoms with van der Waals surface area (Å²) in [5.74, 6) is 0.0409. The first-order valence-electron chi connectivity index (χ1n) is 8.23. The third kappa shape index (κ3) is 4.00. The van der Waals surface area contributed by atoms with Crippen molar-refractivity contribution >= 4 is 23.2 Å². The number of carbonyl (C=O) groups excluding carboxylic acids is 1. The molecule has 0 saturated carbocycles. The Balaban J connectivity index is 1.44. The molecule has 1 aromatic carbocycles. The van der Waals surface area contributed by atoms with Crippen LogP contribution in [0.4, 0.5) is 5.69 Å². The van der Waals surface area contributed by atoms with Gasteiger partial charge in [0.1, 0.15) is 0 Å². The number of piperidine rings is 1. The van der Waals surface area contributed by atoms with Crippen molar-refractivity contribution in [1.29, 1.82) is 0 Å². The molecule has 22 heavy (non-hydrogen) atoms. The van der Waals surface area contributed by atoms with Crippen LogP contribution in [0.25, 0.3) is 0 Å². The van der Waals surface area contributed by atoms with Gasteiger partial charge in [0.15, 0.2) is 0 Å². The third-order valence-electron chi connectivity index (χ3n) is 4.72. The van der Waals surface area contributed by atoms with E-state index in [1.165, 1.54) is 25.8 Å². The van der Waals surface area contributed by atoms with Crippen molar-refractivity contribution in [1.82, 2.24) is 9.80 Å². The quantitative estimate of drug-likeness (QED) is 0.926. The van der Waals surface area contributed by atoms with Gasteiger partial charge < -0.3 is 5.32 Å². The molecule has 0 radical (unpaired) electrons. The molecule has 4 nitrogen and oxygen atoms in total. The standard InChI is InChI=1S/C17H24ClN3O/c18-15-6-1-2-7-16(15)19-17(22)8-10-20-11-12-21-9-4-3-5-14(21)13-20/h1-2,6-7,14H,3-5,8-13H2,(H,19,22)/t14-/m1/s1. The SMILES string of the molecule is O=C(CCN1CCN2CCCC[C@@H]2C1)Nc1ccccc1Cl. The van der Waals surface area contributed by atoms with Gasteiger partial charge in [0, 0.05) is 38.6 Å². The van der Waals surface area contributed by atoms with Crippen molar-refractivity contribution in [2.45, 2.75) is 31.7 Å². The Morgan fingerprint density at radius 2 is 2.09 bits per heavy atom. The second-order valence-corrected chi connectivity index (χ2v) is 6.67. The molecule has 5 heteroatoms.